The van der Waals surface area contributed by atoms with E-state index in [-0.39, 0.29) is 6.04 Å². The van der Waals surface area contributed by atoms with E-state index >= 15 is 0 Å². The quantitative estimate of drug-likeness (QED) is 0.280. The molecule has 0 N–H and O–H groups in total. The van der Waals surface area contributed by atoms with Crippen molar-refractivity contribution in [1.29, 1.82) is 0 Å². The zero-order chi connectivity index (χ0) is 23.1. The zero-order valence-electron chi connectivity index (χ0n) is 18.5. The smallest absolute Gasteiger partial charge is 0.343 e. The van der Waals surface area contributed by atoms with Crippen LogP contribution in [0.4, 0.5) is 0 Å². The van der Waals surface area contributed by atoms with E-state index < -0.39 is 12.2 Å². The van der Waals surface area contributed by atoms with Crippen molar-refractivity contribution in [3.8, 4) is 11.5 Å². The summed E-state index contributed by atoms with van der Waals surface area (Å²) < 4.78 is 17.8. The van der Waals surface area contributed by atoms with E-state index in [9.17, 15) is 4.79 Å². The maximum absolute atomic E-state index is 12.4. The molecular weight excluding hydrogens is 428 g/mol. The lowest BCUT2D eigenvalue weighted by molar-refractivity contribution is -0.0190. The maximum atomic E-state index is 12.4. The Morgan fingerprint density at radius 3 is 2.47 bits per heavy atom. The number of furan rings is 1. The molecule has 2 aliphatic rings. The molecule has 0 radical (unpaired) electrons. The van der Waals surface area contributed by atoms with E-state index in [1.54, 1.807) is 24.3 Å². The highest BCUT2D eigenvalue weighted by Crippen LogP contribution is 2.47. The molecular formula is C28H22N2O4. The largest absolute Gasteiger partial charge is 0.464 e. The van der Waals surface area contributed by atoms with Gasteiger partial charge in [-0.15, -0.1) is 0 Å². The van der Waals surface area contributed by atoms with Crippen molar-refractivity contribution in [2.75, 3.05) is 0 Å². The van der Waals surface area contributed by atoms with E-state index in [0.717, 1.165) is 40.5 Å². The van der Waals surface area contributed by atoms with Gasteiger partial charge in [0, 0.05) is 17.5 Å². The van der Waals surface area contributed by atoms with Crippen molar-refractivity contribution in [2.45, 2.75) is 25.6 Å². The predicted molar refractivity (Wildman–Crippen MR) is 127 cm³/mol. The lowest BCUT2D eigenvalue weighted by Crippen LogP contribution is -2.33. The number of ether oxygens (including phenoxy) is 2. The summed E-state index contributed by atoms with van der Waals surface area (Å²) in [5, 5.41) is 6.91. The standard InChI is InChI=1S/C28H22N2O4/c1-18-11-16-26(32-18)23-17-24-22-9-5-6-10-25(22)34-27(30(24)29-23)19-12-14-21(15-13-19)33-28(31)20-7-3-2-4-8-20/h2-16,24,27H,17H2,1H3. The van der Waals surface area contributed by atoms with Gasteiger partial charge in [-0.05, 0) is 61.5 Å². The summed E-state index contributed by atoms with van der Waals surface area (Å²) in [6, 6.07) is 28.4. The van der Waals surface area contributed by atoms with Gasteiger partial charge >= 0.3 is 5.97 Å². The lowest BCUT2D eigenvalue weighted by atomic mass is 9.97. The second-order valence-corrected chi connectivity index (χ2v) is 8.39. The van der Waals surface area contributed by atoms with Crippen LogP contribution in [0, 0.1) is 6.92 Å². The van der Waals surface area contributed by atoms with E-state index in [0.29, 0.717) is 11.3 Å². The molecule has 3 aromatic carbocycles. The van der Waals surface area contributed by atoms with Crippen LogP contribution in [-0.2, 0) is 0 Å². The zero-order valence-corrected chi connectivity index (χ0v) is 18.5. The van der Waals surface area contributed by atoms with Gasteiger partial charge in [0.15, 0.2) is 0 Å². The number of aryl methyl sites for hydroxylation is 1. The van der Waals surface area contributed by atoms with Crippen molar-refractivity contribution in [3.05, 3.63) is 119 Å². The number of esters is 1. The van der Waals surface area contributed by atoms with Crippen LogP contribution in [0.25, 0.3) is 0 Å². The second kappa shape index (κ2) is 8.23. The molecule has 1 aromatic heterocycles. The van der Waals surface area contributed by atoms with E-state index in [1.807, 2.05) is 72.6 Å². The van der Waals surface area contributed by atoms with Crippen LogP contribution in [-0.4, -0.2) is 16.7 Å². The summed E-state index contributed by atoms with van der Waals surface area (Å²) in [7, 11) is 0. The van der Waals surface area contributed by atoms with Crippen LogP contribution in [0.3, 0.4) is 0 Å². The topological polar surface area (TPSA) is 64.3 Å². The van der Waals surface area contributed by atoms with Crippen molar-refractivity contribution in [1.82, 2.24) is 5.01 Å². The summed E-state index contributed by atoms with van der Waals surface area (Å²) in [5.41, 5.74) is 3.43. The SMILES string of the molecule is Cc1ccc(C2=NN3C(C2)c2ccccc2OC3c2ccc(OC(=O)c3ccccc3)cc2)o1. The predicted octanol–water partition coefficient (Wildman–Crippen LogP) is 6.05. The van der Waals surface area contributed by atoms with Crippen LogP contribution < -0.4 is 9.47 Å². The first-order valence-electron chi connectivity index (χ1n) is 11.2. The molecule has 2 unspecified atom stereocenters. The summed E-state index contributed by atoms with van der Waals surface area (Å²) in [5.74, 6) is 2.57. The Kier molecular flexibility index (Phi) is 4.91. The molecule has 3 heterocycles. The Hall–Kier alpha value is -4.32. The van der Waals surface area contributed by atoms with E-state index in [2.05, 4.69) is 6.07 Å². The molecule has 0 aliphatic carbocycles. The van der Waals surface area contributed by atoms with Gasteiger partial charge in [-0.1, -0.05) is 36.4 Å². The van der Waals surface area contributed by atoms with Gasteiger partial charge < -0.3 is 13.9 Å². The summed E-state index contributed by atoms with van der Waals surface area (Å²) >= 11 is 0. The van der Waals surface area contributed by atoms with Crippen LogP contribution >= 0.6 is 0 Å². The molecule has 0 amide bonds. The molecule has 2 atom stereocenters. The second-order valence-electron chi connectivity index (χ2n) is 8.39. The first-order chi connectivity index (χ1) is 16.7. The third kappa shape index (κ3) is 3.63. The minimum absolute atomic E-state index is 0.0472. The number of para-hydroxylation sites is 1. The van der Waals surface area contributed by atoms with E-state index in [4.69, 9.17) is 19.0 Å². The fourth-order valence-corrected chi connectivity index (χ4v) is 4.43. The molecule has 168 valence electrons. The average Bonchev–Trinajstić information content (AvgIpc) is 3.51. The summed E-state index contributed by atoms with van der Waals surface area (Å²) in [6.07, 6.45) is 0.323. The normalized spacial score (nSPS) is 18.5. The van der Waals surface area contributed by atoms with Crippen molar-refractivity contribution < 1.29 is 18.7 Å². The van der Waals surface area contributed by atoms with Gasteiger partial charge in [-0.25, -0.2) is 9.80 Å². The van der Waals surface area contributed by atoms with Gasteiger partial charge in [-0.2, -0.15) is 5.10 Å². The maximum Gasteiger partial charge on any atom is 0.343 e. The molecule has 0 spiro atoms. The Balaban J connectivity index is 1.29. The van der Waals surface area contributed by atoms with E-state index in [1.165, 1.54) is 0 Å². The van der Waals surface area contributed by atoms with Crippen LogP contribution in [0.15, 0.2) is 101 Å². The highest BCUT2D eigenvalue weighted by Gasteiger charge is 2.41. The van der Waals surface area contributed by atoms with Gasteiger partial charge in [0.05, 0.1) is 11.6 Å². The molecule has 6 rings (SSSR count). The molecule has 6 heteroatoms. The molecule has 34 heavy (non-hydrogen) atoms. The number of hydrazone groups is 1. The van der Waals surface area contributed by atoms with Gasteiger partial charge in [0.2, 0.25) is 6.23 Å². The number of carbonyl (C=O) groups excluding carboxylic acids is 1. The van der Waals surface area contributed by atoms with Crippen LogP contribution in [0.5, 0.6) is 11.5 Å². The summed E-state index contributed by atoms with van der Waals surface area (Å²) in [6.45, 7) is 1.93. The molecule has 0 fully saturated rings. The minimum Gasteiger partial charge on any atom is -0.464 e. The fraction of sp³-hybridized carbons (Fsp3) is 0.143. The Labute approximate surface area is 197 Å². The highest BCUT2D eigenvalue weighted by molar-refractivity contribution is 5.99. The van der Waals surface area contributed by atoms with Gasteiger partial charge in [0.25, 0.3) is 0 Å². The lowest BCUT2D eigenvalue weighted by Gasteiger charge is -2.38. The number of benzene rings is 3. The van der Waals surface area contributed by atoms with Crippen LogP contribution in [0.1, 0.15) is 51.7 Å². The Morgan fingerprint density at radius 2 is 1.71 bits per heavy atom. The third-order valence-electron chi connectivity index (χ3n) is 6.11. The molecule has 6 nitrogen and oxygen atoms in total. The number of hydrogen-bond donors (Lipinski definition) is 0. The number of carbonyl (C=O) groups is 1. The molecule has 0 saturated heterocycles. The van der Waals surface area contributed by atoms with Crippen LogP contribution in [0.2, 0.25) is 0 Å². The summed E-state index contributed by atoms with van der Waals surface area (Å²) in [4.78, 5) is 12.4. The number of rotatable bonds is 4. The van der Waals surface area contributed by atoms with Crippen molar-refractivity contribution in [3.63, 3.8) is 0 Å². The molecule has 0 saturated carbocycles. The third-order valence-corrected chi connectivity index (χ3v) is 6.11. The monoisotopic (exact) mass is 450 g/mol. The highest BCUT2D eigenvalue weighted by atomic mass is 16.5. The number of hydrogen-bond acceptors (Lipinski definition) is 6. The van der Waals surface area contributed by atoms with Crippen molar-refractivity contribution in [2.24, 2.45) is 5.10 Å². The minimum atomic E-state index is -0.410. The van der Waals surface area contributed by atoms with Gasteiger partial charge in [-0.3, -0.25) is 0 Å². The first-order valence-corrected chi connectivity index (χ1v) is 11.2. The number of fused-ring (bicyclic) bond motifs is 3. The molecule has 4 aromatic rings. The first kappa shape index (κ1) is 20.3. The average molecular weight is 450 g/mol. The molecule has 2 aliphatic heterocycles. The Morgan fingerprint density at radius 1 is 0.941 bits per heavy atom. The molecule has 0 bridgehead atoms. The van der Waals surface area contributed by atoms with Crippen molar-refractivity contribution >= 4 is 11.7 Å². The van der Waals surface area contributed by atoms with Gasteiger partial charge in [0.1, 0.15) is 28.7 Å². The fourth-order valence-electron chi connectivity index (χ4n) is 4.43. The number of nitrogens with zero attached hydrogens (tertiary/aromatic N) is 2. The Bertz CT molecular complexity index is 1380.